The molecule has 4 nitrogen and oxygen atoms in total. The van der Waals surface area contributed by atoms with E-state index in [1.54, 1.807) is 50.6 Å². The molecule has 0 atom stereocenters. The number of methoxy groups -OCH3 is 2. The van der Waals surface area contributed by atoms with Crippen LogP contribution in [0.5, 0.6) is 11.5 Å². The fourth-order valence-corrected chi connectivity index (χ4v) is 1.53. The highest BCUT2D eigenvalue weighted by molar-refractivity contribution is 5.79. The first kappa shape index (κ1) is 15.4. The van der Waals surface area contributed by atoms with Gasteiger partial charge in [0.05, 0.1) is 25.3 Å². The standard InChI is InChI=1S/2C8H8O2/c2*1-10-8-5-3-2-4-7(8)6-9/h2*2-6H,1H3. The molecule has 0 N–H and O–H groups in total. The highest BCUT2D eigenvalue weighted by atomic mass is 16.5. The van der Waals surface area contributed by atoms with Crippen molar-refractivity contribution in [2.75, 3.05) is 14.2 Å². The summed E-state index contributed by atoms with van der Waals surface area (Å²) in [7, 11) is 3.09. The summed E-state index contributed by atoms with van der Waals surface area (Å²) in [5.74, 6) is 1.25. The smallest absolute Gasteiger partial charge is 0.153 e. The number of aldehydes is 2. The fraction of sp³-hybridized carbons (Fsp3) is 0.125. The summed E-state index contributed by atoms with van der Waals surface area (Å²) < 4.78 is 9.81. The van der Waals surface area contributed by atoms with Crippen LogP contribution in [-0.2, 0) is 0 Å². The van der Waals surface area contributed by atoms with E-state index < -0.39 is 0 Å². The molecular weight excluding hydrogens is 256 g/mol. The van der Waals surface area contributed by atoms with Crippen LogP contribution in [0.1, 0.15) is 20.7 Å². The van der Waals surface area contributed by atoms with Gasteiger partial charge in [-0.15, -0.1) is 0 Å². The number of carbonyl (C=O) groups is 2. The van der Waals surface area contributed by atoms with Crippen LogP contribution >= 0.6 is 0 Å². The van der Waals surface area contributed by atoms with Crippen molar-refractivity contribution in [1.29, 1.82) is 0 Å². The maximum atomic E-state index is 10.3. The minimum absolute atomic E-state index is 0.588. The molecular formula is C16H16O4. The highest BCUT2D eigenvalue weighted by Crippen LogP contribution is 2.14. The van der Waals surface area contributed by atoms with Gasteiger partial charge in [-0.25, -0.2) is 0 Å². The van der Waals surface area contributed by atoms with Gasteiger partial charge in [0, 0.05) is 0 Å². The summed E-state index contributed by atoms with van der Waals surface area (Å²) in [6.45, 7) is 0. The van der Waals surface area contributed by atoms with Crippen molar-refractivity contribution in [2.24, 2.45) is 0 Å². The Bertz CT molecular complexity index is 512. The minimum Gasteiger partial charge on any atom is -0.496 e. The Balaban J connectivity index is 0.000000200. The molecule has 20 heavy (non-hydrogen) atoms. The van der Waals surface area contributed by atoms with Gasteiger partial charge in [-0.05, 0) is 24.3 Å². The molecule has 0 heterocycles. The summed E-state index contributed by atoms with van der Waals surface area (Å²) >= 11 is 0. The molecule has 0 unspecified atom stereocenters. The largest absolute Gasteiger partial charge is 0.496 e. The summed E-state index contributed by atoms with van der Waals surface area (Å²) in [5, 5.41) is 0. The van der Waals surface area contributed by atoms with Gasteiger partial charge in [-0.2, -0.15) is 0 Å². The predicted molar refractivity (Wildman–Crippen MR) is 76.8 cm³/mol. The summed E-state index contributed by atoms with van der Waals surface area (Å²) in [6.07, 6.45) is 1.55. The quantitative estimate of drug-likeness (QED) is 0.803. The van der Waals surface area contributed by atoms with E-state index in [1.165, 1.54) is 0 Å². The molecule has 0 aromatic heterocycles. The van der Waals surface area contributed by atoms with E-state index in [0.29, 0.717) is 22.6 Å². The number of rotatable bonds is 4. The first-order valence-electron chi connectivity index (χ1n) is 5.93. The van der Waals surface area contributed by atoms with Crippen molar-refractivity contribution in [3.05, 3.63) is 59.7 Å². The number of carbonyl (C=O) groups excluding carboxylic acids is 2. The number of hydrogen-bond acceptors (Lipinski definition) is 4. The lowest BCUT2D eigenvalue weighted by molar-refractivity contribution is 0.111. The molecule has 0 aliphatic rings. The second kappa shape index (κ2) is 8.48. The van der Waals surface area contributed by atoms with Crippen LogP contribution < -0.4 is 9.47 Å². The molecule has 0 saturated heterocycles. The minimum atomic E-state index is 0.588. The van der Waals surface area contributed by atoms with Gasteiger partial charge < -0.3 is 9.47 Å². The van der Waals surface area contributed by atoms with Crippen molar-refractivity contribution in [2.45, 2.75) is 0 Å². The molecule has 0 amide bonds. The Kier molecular flexibility index (Phi) is 6.54. The van der Waals surface area contributed by atoms with Crippen LogP contribution in [0, 0.1) is 0 Å². The van der Waals surface area contributed by atoms with Crippen molar-refractivity contribution in [1.82, 2.24) is 0 Å². The van der Waals surface area contributed by atoms with E-state index in [-0.39, 0.29) is 0 Å². The van der Waals surface area contributed by atoms with Gasteiger partial charge in [0.15, 0.2) is 12.6 Å². The topological polar surface area (TPSA) is 52.6 Å². The van der Waals surface area contributed by atoms with Crippen LogP contribution in [0.3, 0.4) is 0 Å². The van der Waals surface area contributed by atoms with E-state index in [9.17, 15) is 9.59 Å². The first-order valence-corrected chi connectivity index (χ1v) is 5.93. The van der Waals surface area contributed by atoms with Crippen molar-refractivity contribution in [3.8, 4) is 11.5 Å². The summed E-state index contributed by atoms with van der Waals surface area (Å²) in [4.78, 5) is 20.6. The third-order valence-corrected chi connectivity index (χ3v) is 2.53. The van der Waals surface area contributed by atoms with E-state index in [4.69, 9.17) is 9.47 Å². The van der Waals surface area contributed by atoms with E-state index >= 15 is 0 Å². The molecule has 0 fully saturated rings. The number of ether oxygens (including phenoxy) is 2. The molecule has 0 radical (unpaired) electrons. The molecule has 2 rings (SSSR count). The molecule has 4 heteroatoms. The van der Waals surface area contributed by atoms with Crippen LogP contribution in [0.25, 0.3) is 0 Å². The van der Waals surface area contributed by atoms with Crippen molar-refractivity contribution < 1.29 is 19.1 Å². The molecule has 2 aromatic rings. The Morgan fingerprint density at radius 2 is 1.05 bits per heavy atom. The summed E-state index contributed by atoms with van der Waals surface area (Å²) in [6, 6.07) is 14.2. The molecule has 0 bridgehead atoms. The lowest BCUT2D eigenvalue weighted by atomic mass is 10.2. The van der Waals surface area contributed by atoms with Gasteiger partial charge in [-0.1, -0.05) is 24.3 Å². The van der Waals surface area contributed by atoms with Gasteiger partial charge in [0.25, 0.3) is 0 Å². The van der Waals surface area contributed by atoms with Crippen LogP contribution in [-0.4, -0.2) is 26.8 Å². The normalized spacial score (nSPS) is 8.90. The average molecular weight is 272 g/mol. The zero-order valence-electron chi connectivity index (χ0n) is 11.4. The second-order valence-electron chi connectivity index (χ2n) is 3.72. The van der Waals surface area contributed by atoms with Crippen molar-refractivity contribution in [3.63, 3.8) is 0 Å². The van der Waals surface area contributed by atoms with Gasteiger partial charge in [-0.3, -0.25) is 9.59 Å². The molecule has 2 aromatic carbocycles. The van der Waals surface area contributed by atoms with Gasteiger partial charge in [0.1, 0.15) is 11.5 Å². The average Bonchev–Trinajstić information content (AvgIpc) is 2.55. The second-order valence-corrected chi connectivity index (χ2v) is 3.72. The van der Waals surface area contributed by atoms with Gasteiger partial charge in [0.2, 0.25) is 0 Å². The zero-order chi connectivity index (χ0) is 14.8. The predicted octanol–water partition coefficient (Wildman–Crippen LogP) is 3.02. The lowest BCUT2D eigenvalue weighted by Crippen LogP contribution is -1.88. The SMILES string of the molecule is COc1ccccc1C=O.COc1ccccc1C=O. The lowest BCUT2D eigenvalue weighted by Gasteiger charge is -1.99. The fourth-order valence-electron chi connectivity index (χ4n) is 1.53. The maximum absolute atomic E-state index is 10.3. The van der Waals surface area contributed by atoms with E-state index in [0.717, 1.165) is 12.6 Å². The zero-order valence-corrected chi connectivity index (χ0v) is 11.4. The van der Waals surface area contributed by atoms with E-state index in [1.807, 2.05) is 12.1 Å². The molecule has 104 valence electrons. The molecule has 0 spiro atoms. The van der Waals surface area contributed by atoms with Gasteiger partial charge >= 0.3 is 0 Å². The van der Waals surface area contributed by atoms with Crippen LogP contribution in [0.15, 0.2) is 48.5 Å². The Hall–Kier alpha value is -2.62. The van der Waals surface area contributed by atoms with E-state index in [2.05, 4.69) is 0 Å². The third kappa shape index (κ3) is 4.24. The molecule has 0 aliphatic heterocycles. The maximum Gasteiger partial charge on any atom is 0.153 e. The van der Waals surface area contributed by atoms with Crippen LogP contribution in [0.4, 0.5) is 0 Å². The Morgan fingerprint density at radius 3 is 1.30 bits per heavy atom. The van der Waals surface area contributed by atoms with Crippen molar-refractivity contribution >= 4 is 12.6 Å². The highest BCUT2D eigenvalue weighted by Gasteiger charge is 1.97. The molecule has 0 aliphatic carbocycles. The molecule has 0 saturated carbocycles. The number of para-hydroxylation sites is 2. The third-order valence-electron chi connectivity index (χ3n) is 2.53. The Morgan fingerprint density at radius 1 is 0.700 bits per heavy atom. The van der Waals surface area contributed by atoms with Crippen LogP contribution in [0.2, 0.25) is 0 Å². The summed E-state index contributed by atoms with van der Waals surface area (Å²) in [5.41, 5.74) is 1.18. The monoisotopic (exact) mass is 272 g/mol. The number of hydrogen-bond donors (Lipinski definition) is 0. The first-order chi connectivity index (χ1) is 9.76. The number of benzene rings is 2. The Labute approximate surface area is 118 Å².